The lowest BCUT2D eigenvalue weighted by Gasteiger charge is -2.24. The van der Waals surface area contributed by atoms with E-state index in [9.17, 15) is 5.11 Å². The monoisotopic (exact) mass is 285 g/mol. The van der Waals surface area contributed by atoms with E-state index >= 15 is 0 Å². The summed E-state index contributed by atoms with van der Waals surface area (Å²) in [6, 6.07) is 0. The molecule has 1 saturated carbocycles. The third-order valence-corrected chi connectivity index (χ3v) is 3.07. The Morgan fingerprint density at radius 1 is 1.73 bits per heavy atom. The van der Waals surface area contributed by atoms with Crippen molar-refractivity contribution in [2.45, 2.75) is 32.3 Å². The number of hydrogen-bond donors (Lipinski definition) is 1. The van der Waals surface area contributed by atoms with Gasteiger partial charge in [-0.15, -0.1) is 0 Å². The van der Waals surface area contributed by atoms with Gasteiger partial charge in [0.05, 0.1) is 6.10 Å². The molecule has 0 aliphatic heterocycles. The second kappa shape index (κ2) is 4.67. The van der Waals surface area contributed by atoms with Gasteiger partial charge in [-0.3, -0.25) is 0 Å². The number of halogens is 1. The maximum Gasteiger partial charge on any atom is 0.0618 e. The summed E-state index contributed by atoms with van der Waals surface area (Å²) in [6.45, 7) is 2.10. The van der Waals surface area contributed by atoms with Crippen molar-refractivity contribution in [3.05, 3.63) is 0 Å². The quantitative estimate of drug-likeness (QED) is 0.593. The van der Waals surface area contributed by atoms with Crippen molar-refractivity contribution in [2.24, 2.45) is 10.3 Å². The summed E-state index contributed by atoms with van der Waals surface area (Å²) in [5, 5.41) is 9.48. The zero-order chi connectivity index (χ0) is 8.27. The molecule has 2 atom stereocenters. The molecular weight excluding hydrogens is 273 g/mol. The first-order valence-electron chi connectivity index (χ1n) is 3.75. The summed E-state index contributed by atoms with van der Waals surface area (Å²) < 4.78 is 4.23. The fourth-order valence-electron chi connectivity index (χ4n) is 1.26. The van der Waals surface area contributed by atoms with Crippen LogP contribution in [0, 0.1) is 5.92 Å². The van der Waals surface area contributed by atoms with Crippen LogP contribution in [0.3, 0.4) is 0 Å². The molecule has 1 aliphatic carbocycles. The van der Waals surface area contributed by atoms with Crippen LogP contribution in [0.1, 0.15) is 26.2 Å². The Balaban J connectivity index is 2.46. The molecule has 1 rings (SSSR count). The van der Waals surface area contributed by atoms with E-state index in [0.717, 1.165) is 25.0 Å². The molecule has 1 fully saturated rings. The third kappa shape index (κ3) is 2.91. The van der Waals surface area contributed by atoms with E-state index in [0.29, 0.717) is 5.92 Å². The smallest absolute Gasteiger partial charge is 0.0618 e. The molecule has 0 bridgehead atoms. The minimum absolute atomic E-state index is 0.161. The fourth-order valence-corrected chi connectivity index (χ4v) is 2.36. The van der Waals surface area contributed by atoms with Crippen molar-refractivity contribution in [3.8, 4) is 0 Å². The Labute approximate surface area is 83.6 Å². The van der Waals surface area contributed by atoms with Gasteiger partial charge in [0.25, 0.3) is 0 Å². The molecule has 1 aliphatic rings. The summed E-state index contributed by atoms with van der Waals surface area (Å²) in [6.07, 6.45) is 2.76. The normalized spacial score (nSPS) is 36.1. The van der Waals surface area contributed by atoms with E-state index < -0.39 is 0 Å². The predicted molar refractivity (Wildman–Crippen MR) is 58.1 cm³/mol. The van der Waals surface area contributed by atoms with Crippen LogP contribution in [0.2, 0.25) is 0 Å². The molecule has 0 unspecified atom stereocenters. The van der Waals surface area contributed by atoms with E-state index in [1.54, 1.807) is 0 Å². The maximum absolute atomic E-state index is 9.48. The number of hydrogen-bond acceptors (Lipinski definition) is 3. The van der Waals surface area contributed by atoms with E-state index in [2.05, 4.69) is 32.5 Å². The second-order valence-electron chi connectivity index (χ2n) is 3.01. The molecule has 64 valence electrons. The summed E-state index contributed by atoms with van der Waals surface area (Å²) >= 11 is 2.15. The highest BCUT2D eigenvalue weighted by Gasteiger charge is 2.22. The van der Waals surface area contributed by atoms with Crippen LogP contribution in [0.25, 0.3) is 0 Å². The van der Waals surface area contributed by atoms with E-state index in [1.165, 1.54) is 9.12 Å². The minimum atomic E-state index is -0.161. The zero-order valence-corrected chi connectivity index (χ0v) is 9.43. The van der Waals surface area contributed by atoms with E-state index in [1.807, 2.05) is 0 Å². The summed E-state index contributed by atoms with van der Waals surface area (Å²) in [5.41, 5.74) is 1.16. The first kappa shape index (κ1) is 9.80. The molecule has 0 aromatic rings. The molecule has 0 spiro atoms. The highest BCUT2D eigenvalue weighted by molar-refractivity contribution is 14.2. The van der Waals surface area contributed by atoms with Crippen molar-refractivity contribution in [1.29, 1.82) is 0 Å². The SMILES string of the molecule is C[C@@H]1CCC(=NSI)C[C@H]1O. The first-order chi connectivity index (χ1) is 5.24. The van der Waals surface area contributed by atoms with Gasteiger partial charge in [-0.25, -0.2) is 4.40 Å². The molecule has 2 nitrogen and oxygen atoms in total. The third-order valence-electron chi connectivity index (χ3n) is 2.15. The van der Waals surface area contributed by atoms with Crippen LogP contribution >= 0.6 is 30.3 Å². The van der Waals surface area contributed by atoms with Crippen molar-refractivity contribution < 1.29 is 5.11 Å². The van der Waals surface area contributed by atoms with E-state index in [4.69, 9.17) is 0 Å². The number of aliphatic hydroxyl groups excluding tert-OH is 1. The molecule has 0 heterocycles. The largest absolute Gasteiger partial charge is 0.392 e. The lowest BCUT2D eigenvalue weighted by Crippen LogP contribution is -2.27. The van der Waals surface area contributed by atoms with Gasteiger partial charge in [0.15, 0.2) is 0 Å². The summed E-state index contributed by atoms with van der Waals surface area (Å²) in [4.78, 5) is 0. The van der Waals surface area contributed by atoms with Gasteiger partial charge in [0.2, 0.25) is 0 Å². The van der Waals surface area contributed by atoms with Crippen molar-refractivity contribution >= 4 is 36.0 Å². The van der Waals surface area contributed by atoms with Crippen LogP contribution in [0.4, 0.5) is 0 Å². The molecule has 0 amide bonds. The van der Waals surface area contributed by atoms with Crippen LogP contribution in [-0.2, 0) is 0 Å². The molecule has 1 N–H and O–H groups in total. The summed E-state index contributed by atoms with van der Waals surface area (Å²) in [7, 11) is 1.46. The minimum Gasteiger partial charge on any atom is -0.392 e. The Bertz CT molecular complexity index is 163. The molecule has 11 heavy (non-hydrogen) atoms. The zero-order valence-electron chi connectivity index (χ0n) is 6.46. The molecule has 0 radical (unpaired) electrons. The van der Waals surface area contributed by atoms with E-state index in [-0.39, 0.29) is 6.10 Å². The first-order valence-corrected chi connectivity index (χ1v) is 7.07. The topological polar surface area (TPSA) is 32.6 Å². The molecule has 0 aromatic heterocycles. The summed E-state index contributed by atoms with van der Waals surface area (Å²) in [5.74, 6) is 0.452. The lowest BCUT2D eigenvalue weighted by molar-refractivity contribution is 0.111. The highest BCUT2D eigenvalue weighted by Crippen LogP contribution is 2.25. The van der Waals surface area contributed by atoms with Gasteiger partial charge >= 0.3 is 0 Å². The van der Waals surface area contributed by atoms with Gasteiger partial charge in [0.1, 0.15) is 0 Å². The standard InChI is InChI=1S/C7H12INOS/c1-5-2-3-6(9-11-8)4-7(5)10/h5,7,10H,2-4H2,1H3/t5-,7-/m1/s1. The predicted octanol–water partition coefficient (Wildman–Crippen LogP) is 2.61. The lowest BCUT2D eigenvalue weighted by atomic mass is 9.87. The Hall–Kier alpha value is 0.710. The van der Waals surface area contributed by atoms with Crippen molar-refractivity contribution in [2.75, 3.05) is 0 Å². The number of aliphatic hydroxyl groups is 1. The fraction of sp³-hybridized carbons (Fsp3) is 0.857. The van der Waals surface area contributed by atoms with Crippen molar-refractivity contribution in [1.82, 2.24) is 0 Å². The Kier molecular flexibility index (Phi) is 4.16. The Morgan fingerprint density at radius 3 is 3.00 bits per heavy atom. The maximum atomic E-state index is 9.48. The van der Waals surface area contributed by atoms with Gasteiger partial charge in [-0.1, -0.05) is 6.92 Å². The van der Waals surface area contributed by atoms with Crippen LogP contribution < -0.4 is 0 Å². The average Bonchev–Trinajstić information content (AvgIpc) is 1.98. The van der Waals surface area contributed by atoms with Gasteiger partial charge in [-0.05, 0) is 18.8 Å². The molecule has 0 saturated heterocycles. The highest BCUT2D eigenvalue weighted by atomic mass is 127. The second-order valence-corrected chi connectivity index (χ2v) is 4.52. The van der Waals surface area contributed by atoms with Crippen LogP contribution in [-0.4, -0.2) is 16.9 Å². The number of rotatable bonds is 1. The van der Waals surface area contributed by atoms with Gasteiger partial charge in [0, 0.05) is 42.5 Å². The van der Waals surface area contributed by atoms with Gasteiger partial charge < -0.3 is 5.11 Å². The number of nitrogens with zero attached hydrogens (tertiary/aromatic N) is 1. The average molecular weight is 285 g/mol. The Morgan fingerprint density at radius 2 is 2.45 bits per heavy atom. The van der Waals surface area contributed by atoms with Crippen LogP contribution in [0.15, 0.2) is 4.40 Å². The molecular formula is C7H12INOS. The van der Waals surface area contributed by atoms with Crippen molar-refractivity contribution in [3.63, 3.8) is 0 Å². The molecule has 0 aromatic carbocycles. The molecule has 4 heteroatoms. The van der Waals surface area contributed by atoms with Crippen LogP contribution in [0.5, 0.6) is 0 Å². The van der Waals surface area contributed by atoms with Gasteiger partial charge in [-0.2, -0.15) is 0 Å².